The van der Waals surface area contributed by atoms with E-state index >= 15 is 13.6 Å². The van der Waals surface area contributed by atoms with Crippen LogP contribution in [0.5, 0.6) is 5.75 Å². The molecule has 11 nitrogen and oxygen atoms in total. The number of benzene rings is 1. The Morgan fingerprint density at radius 2 is 1.46 bits per heavy atom. The maximum atomic E-state index is 18.2. The van der Waals surface area contributed by atoms with Gasteiger partial charge in [-0.2, -0.15) is 8.78 Å². The van der Waals surface area contributed by atoms with Gasteiger partial charge in [0.05, 0.1) is 25.2 Å². The molecule has 1 aromatic carbocycles. The Bertz CT molecular complexity index is 1420. The predicted octanol–water partition coefficient (Wildman–Crippen LogP) is 5.78. The maximum absolute atomic E-state index is 18.2. The van der Waals surface area contributed by atoms with Gasteiger partial charge in [0.2, 0.25) is 17.6 Å². The highest BCUT2D eigenvalue weighted by Crippen LogP contribution is 2.42. The topological polar surface area (TPSA) is 171 Å². The van der Waals surface area contributed by atoms with Gasteiger partial charge in [-0.3, -0.25) is 19.2 Å². The molecule has 13 heteroatoms. The molecule has 306 valence electrons. The Balaban J connectivity index is 3.03. The van der Waals surface area contributed by atoms with E-state index in [1.807, 2.05) is 0 Å². The molecular formula is C41H66F2N4O7. The number of hydrogen-bond acceptors (Lipinski definition) is 9. The molecule has 1 saturated carbocycles. The largest absolute Gasteiger partial charge is 0.497 e. The van der Waals surface area contributed by atoms with Crippen LogP contribution in [-0.4, -0.2) is 83.1 Å². The van der Waals surface area contributed by atoms with Gasteiger partial charge >= 0.3 is 11.9 Å². The summed E-state index contributed by atoms with van der Waals surface area (Å²) in [6, 6.07) is 1.31. The number of ether oxygens (including phenoxy) is 2. The zero-order chi connectivity index (χ0) is 41.2. The molecule has 0 radical (unpaired) electrons. The second-order valence-corrected chi connectivity index (χ2v) is 17.1. The summed E-state index contributed by atoms with van der Waals surface area (Å²) < 4.78 is 47.3. The molecule has 0 bridgehead atoms. The van der Waals surface area contributed by atoms with Crippen LogP contribution in [0.25, 0.3) is 0 Å². The van der Waals surface area contributed by atoms with Gasteiger partial charge in [0.25, 0.3) is 5.54 Å². The number of hydrogen-bond donors (Lipinski definition) is 3. The van der Waals surface area contributed by atoms with Crippen LogP contribution >= 0.6 is 0 Å². The number of carbonyl (C=O) groups excluding carboxylic acids is 5. The van der Waals surface area contributed by atoms with Crippen molar-refractivity contribution in [3.05, 3.63) is 29.8 Å². The normalized spacial score (nSPS) is 17.1. The van der Waals surface area contributed by atoms with Gasteiger partial charge in [-0.25, -0.2) is 4.79 Å². The summed E-state index contributed by atoms with van der Waals surface area (Å²) in [6.45, 7) is 14.0. The van der Waals surface area contributed by atoms with Crippen LogP contribution in [0.4, 0.5) is 8.78 Å². The van der Waals surface area contributed by atoms with Crippen LogP contribution in [0.2, 0.25) is 0 Å². The Kier molecular flexibility index (Phi) is 17.2. The molecule has 0 aliphatic heterocycles. The van der Waals surface area contributed by atoms with Crippen LogP contribution in [0.15, 0.2) is 24.3 Å². The standard InChI is InChI=1S/C41H66F2N4O7/c1-25(2)20-21-47(37(51)34(45)27(5)6)40(38(52)54-39(7,8)9,35(49)31(44)23-29-16-18-30(53-10)19-17-29)41(42,43)36(50)32(46-33(48)22-26(3)4)24-28-14-12-11-13-15-28/h16-19,25-28,31-32,34H,11-15,20-24,44-45H2,1-10H3,(H,46,48)/t31-,32?,34-,40?/m0/s1. The second-order valence-electron chi connectivity index (χ2n) is 17.1. The number of ketones is 2. The highest BCUT2D eigenvalue weighted by atomic mass is 19.3. The van der Waals surface area contributed by atoms with E-state index in [0.717, 1.165) is 19.3 Å². The SMILES string of the molecule is COc1ccc(C[C@H](N)C(=O)C(C(=O)OC(C)(C)C)(N(CCC(C)C)C(=O)[C@@H](N)C(C)C)C(F)(F)C(=O)C(CC2CCCCC2)NC(=O)CC(C)C)cc1. The fourth-order valence-corrected chi connectivity index (χ4v) is 6.83. The number of alkyl halides is 2. The number of amides is 2. The Labute approximate surface area is 321 Å². The lowest BCUT2D eigenvalue weighted by Crippen LogP contribution is -2.79. The summed E-state index contributed by atoms with van der Waals surface area (Å²) in [6.07, 6.45) is 3.45. The van der Waals surface area contributed by atoms with E-state index in [4.69, 9.17) is 20.9 Å². The van der Waals surface area contributed by atoms with Crippen LogP contribution in [-0.2, 0) is 35.1 Å². The molecule has 1 aromatic rings. The summed E-state index contributed by atoms with van der Waals surface area (Å²) in [5.74, 6) is -12.6. The first-order valence-corrected chi connectivity index (χ1v) is 19.4. The quantitative estimate of drug-likeness (QED) is 0.110. The van der Waals surface area contributed by atoms with Crippen molar-refractivity contribution in [1.29, 1.82) is 0 Å². The number of nitrogens with zero attached hydrogens (tertiary/aromatic N) is 1. The number of Topliss-reactive ketones (excluding diaryl/α,β-unsaturated/α-hetero) is 2. The lowest BCUT2D eigenvalue weighted by Gasteiger charge is -2.47. The number of nitrogens with two attached hydrogens (primary N) is 2. The molecular weight excluding hydrogens is 698 g/mol. The molecule has 2 rings (SSSR count). The van der Waals surface area contributed by atoms with Gasteiger partial charge in [0, 0.05) is 13.0 Å². The van der Waals surface area contributed by atoms with Crippen molar-refractivity contribution in [3.8, 4) is 5.75 Å². The monoisotopic (exact) mass is 764 g/mol. The van der Waals surface area contributed by atoms with Crippen molar-refractivity contribution in [3.63, 3.8) is 0 Å². The smallest absolute Gasteiger partial charge is 0.348 e. The van der Waals surface area contributed by atoms with E-state index < -0.39 is 77.0 Å². The van der Waals surface area contributed by atoms with Crippen molar-refractivity contribution in [1.82, 2.24) is 10.2 Å². The molecule has 1 fully saturated rings. The zero-order valence-electron chi connectivity index (χ0n) is 34.1. The van der Waals surface area contributed by atoms with Crippen LogP contribution < -0.4 is 21.5 Å². The third-order valence-electron chi connectivity index (χ3n) is 9.91. The summed E-state index contributed by atoms with van der Waals surface area (Å²) >= 11 is 0. The van der Waals surface area contributed by atoms with Crippen molar-refractivity contribution < 1.29 is 42.2 Å². The lowest BCUT2D eigenvalue weighted by atomic mass is 9.74. The van der Waals surface area contributed by atoms with Crippen LogP contribution in [0, 0.1) is 23.7 Å². The van der Waals surface area contributed by atoms with Gasteiger partial charge in [-0.15, -0.1) is 0 Å². The van der Waals surface area contributed by atoms with Gasteiger partial charge in [-0.05, 0) is 81.4 Å². The first-order valence-electron chi connectivity index (χ1n) is 19.4. The first-order chi connectivity index (χ1) is 25.0. The van der Waals surface area contributed by atoms with Crippen molar-refractivity contribution >= 4 is 29.4 Å². The summed E-state index contributed by atoms with van der Waals surface area (Å²) in [4.78, 5) is 72.9. The molecule has 2 amide bonds. The number of halogens is 2. The van der Waals surface area contributed by atoms with Crippen molar-refractivity contribution in [2.45, 2.75) is 155 Å². The fraction of sp³-hybridized carbons (Fsp3) is 0.732. The number of rotatable bonds is 20. The minimum atomic E-state index is -4.96. The van der Waals surface area contributed by atoms with E-state index in [1.165, 1.54) is 27.9 Å². The molecule has 0 aromatic heterocycles. The van der Waals surface area contributed by atoms with E-state index in [0.29, 0.717) is 29.1 Å². The highest BCUT2D eigenvalue weighted by molar-refractivity contribution is 6.19. The first kappa shape index (κ1) is 46.7. The third-order valence-corrected chi connectivity index (χ3v) is 9.91. The van der Waals surface area contributed by atoms with Crippen molar-refractivity contribution in [2.24, 2.45) is 35.1 Å². The number of esters is 1. The van der Waals surface area contributed by atoms with Crippen molar-refractivity contribution in [2.75, 3.05) is 13.7 Å². The number of methoxy groups -OCH3 is 1. The average molecular weight is 765 g/mol. The second kappa shape index (κ2) is 19.9. The Hall–Kier alpha value is -3.45. The predicted molar refractivity (Wildman–Crippen MR) is 205 cm³/mol. The number of nitrogens with one attached hydrogen (secondary N) is 1. The molecule has 0 spiro atoms. The average Bonchev–Trinajstić information content (AvgIpc) is 3.07. The molecule has 1 aliphatic carbocycles. The number of carbonyl (C=O) groups is 5. The molecule has 5 N–H and O–H groups in total. The maximum Gasteiger partial charge on any atom is 0.348 e. The molecule has 0 heterocycles. The Morgan fingerprint density at radius 1 is 0.889 bits per heavy atom. The summed E-state index contributed by atoms with van der Waals surface area (Å²) in [7, 11) is 1.47. The van der Waals surface area contributed by atoms with Gasteiger partial charge in [-0.1, -0.05) is 85.8 Å². The van der Waals surface area contributed by atoms with Crippen LogP contribution in [0.3, 0.4) is 0 Å². The Morgan fingerprint density at radius 3 is 1.94 bits per heavy atom. The van der Waals surface area contributed by atoms with E-state index in [1.54, 1.807) is 65.8 Å². The van der Waals surface area contributed by atoms with Gasteiger partial charge in [0.15, 0.2) is 5.78 Å². The third kappa shape index (κ3) is 12.0. The van der Waals surface area contributed by atoms with E-state index in [9.17, 15) is 19.2 Å². The fourth-order valence-electron chi connectivity index (χ4n) is 6.83. The minimum absolute atomic E-state index is 0.0505. The van der Waals surface area contributed by atoms with Gasteiger partial charge < -0.3 is 31.2 Å². The van der Waals surface area contributed by atoms with Crippen LogP contribution in [0.1, 0.15) is 119 Å². The molecule has 2 unspecified atom stereocenters. The molecule has 4 atom stereocenters. The molecule has 0 saturated heterocycles. The molecule has 1 aliphatic rings. The molecule has 54 heavy (non-hydrogen) atoms. The highest BCUT2D eigenvalue weighted by Gasteiger charge is 2.75. The van der Waals surface area contributed by atoms with E-state index in [-0.39, 0.29) is 43.4 Å². The lowest BCUT2D eigenvalue weighted by molar-refractivity contribution is -0.208. The summed E-state index contributed by atoms with van der Waals surface area (Å²) in [5, 5.41) is 2.54. The van der Waals surface area contributed by atoms with E-state index in [2.05, 4.69) is 5.32 Å². The zero-order valence-corrected chi connectivity index (χ0v) is 34.1. The summed E-state index contributed by atoms with van der Waals surface area (Å²) in [5.41, 5.74) is 7.97. The minimum Gasteiger partial charge on any atom is -0.497 e. The van der Waals surface area contributed by atoms with Gasteiger partial charge in [0.1, 0.15) is 11.4 Å².